The number of hydrogen-bond donors (Lipinski definition) is 2. The first-order chi connectivity index (χ1) is 17.5. The lowest BCUT2D eigenvalue weighted by atomic mass is 10.1. The molecule has 0 unspecified atom stereocenters. The molecule has 0 fully saturated rings. The van der Waals surface area contributed by atoms with Gasteiger partial charge in [-0.1, -0.05) is 72.3 Å². The van der Waals surface area contributed by atoms with Gasteiger partial charge in [-0.2, -0.15) is 5.10 Å². The zero-order chi connectivity index (χ0) is 25.1. The smallest absolute Gasteiger partial charge is 0.256 e. The summed E-state index contributed by atoms with van der Waals surface area (Å²) in [5.74, 6) is -0.545. The van der Waals surface area contributed by atoms with Gasteiger partial charge in [0, 0.05) is 18.2 Å². The first-order valence-corrected chi connectivity index (χ1v) is 11.7. The highest BCUT2D eigenvalue weighted by molar-refractivity contribution is 6.34. The fraction of sp³-hybridized carbons (Fsp3) is 0.0714. The maximum absolute atomic E-state index is 13.5. The maximum atomic E-state index is 13.5. The molecular formula is C28H22ClN5O2. The van der Waals surface area contributed by atoms with Crippen LogP contribution in [-0.2, 0) is 11.3 Å². The Labute approximate surface area is 212 Å². The van der Waals surface area contributed by atoms with Gasteiger partial charge in [0.15, 0.2) is 5.65 Å². The van der Waals surface area contributed by atoms with E-state index in [2.05, 4.69) is 15.7 Å². The van der Waals surface area contributed by atoms with E-state index >= 15 is 0 Å². The van der Waals surface area contributed by atoms with Gasteiger partial charge in [0.05, 0.1) is 40.1 Å². The molecule has 2 amide bonds. The van der Waals surface area contributed by atoms with E-state index in [4.69, 9.17) is 16.6 Å². The summed E-state index contributed by atoms with van der Waals surface area (Å²) in [5, 5.41) is 11.1. The van der Waals surface area contributed by atoms with Crippen molar-refractivity contribution in [2.24, 2.45) is 0 Å². The van der Waals surface area contributed by atoms with Crippen LogP contribution in [0.5, 0.6) is 0 Å². The first-order valence-electron chi connectivity index (χ1n) is 11.3. The molecule has 36 heavy (non-hydrogen) atoms. The van der Waals surface area contributed by atoms with Gasteiger partial charge in [-0.15, -0.1) is 0 Å². The zero-order valence-corrected chi connectivity index (χ0v) is 20.2. The van der Waals surface area contributed by atoms with Crippen molar-refractivity contribution in [1.29, 1.82) is 0 Å². The van der Waals surface area contributed by atoms with Crippen molar-refractivity contribution in [3.8, 4) is 11.3 Å². The number of hydrogen-bond acceptors (Lipinski definition) is 4. The summed E-state index contributed by atoms with van der Waals surface area (Å²) in [6, 6.07) is 26.4. The molecule has 5 rings (SSSR count). The zero-order valence-electron chi connectivity index (χ0n) is 19.4. The molecule has 0 saturated heterocycles. The molecule has 2 aromatic heterocycles. The second-order valence-corrected chi connectivity index (χ2v) is 8.68. The average molecular weight is 496 g/mol. The Hall–Kier alpha value is -4.49. The minimum atomic E-state index is -0.317. The number of pyridine rings is 1. The number of halogens is 1. The van der Waals surface area contributed by atoms with Gasteiger partial charge in [-0.05, 0) is 29.8 Å². The number of carbonyl (C=O) groups excluding carboxylic acids is 2. The van der Waals surface area contributed by atoms with E-state index in [-0.39, 0.29) is 11.8 Å². The predicted octanol–water partition coefficient (Wildman–Crippen LogP) is 6.01. The third-order valence-electron chi connectivity index (χ3n) is 5.64. The van der Waals surface area contributed by atoms with Crippen LogP contribution in [-0.4, -0.2) is 26.6 Å². The summed E-state index contributed by atoms with van der Waals surface area (Å²) in [7, 11) is 0. The van der Waals surface area contributed by atoms with Crippen molar-refractivity contribution < 1.29 is 9.59 Å². The molecule has 0 saturated carbocycles. The van der Waals surface area contributed by atoms with E-state index in [0.717, 1.165) is 11.1 Å². The van der Waals surface area contributed by atoms with E-state index < -0.39 is 0 Å². The number of nitrogens with one attached hydrogen (secondary N) is 2. The van der Waals surface area contributed by atoms with Crippen LogP contribution in [0.1, 0.15) is 22.8 Å². The normalized spacial score (nSPS) is 10.8. The van der Waals surface area contributed by atoms with Crippen molar-refractivity contribution in [3.05, 3.63) is 107 Å². The molecule has 0 bridgehead atoms. The van der Waals surface area contributed by atoms with Gasteiger partial charge in [0.1, 0.15) is 0 Å². The molecule has 5 aromatic rings. The minimum absolute atomic E-state index is 0.228. The number of nitrogens with zero attached hydrogens (tertiary/aromatic N) is 3. The molecule has 0 radical (unpaired) electrons. The van der Waals surface area contributed by atoms with E-state index in [9.17, 15) is 9.59 Å². The number of benzene rings is 3. The third kappa shape index (κ3) is 4.96. The Morgan fingerprint density at radius 2 is 1.64 bits per heavy atom. The van der Waals surface area contributed by atoms with E-state index in [1.165, 1.54) is 6.92 Å². The summed E-state index contributed by atoms with van der Waals surface area (Å²) < 4.78 is 1.80. The molecule has 7 nitrogen and oxygen atoms in total. The average Bonchev–Trinajstić information content (AvgIpc) is 3.28. The van der Waals surface area contributed by atoms with E-state index in [1.54, 1.807) is 35.1 Å². The molecule has 2 heterocycles. The molecule has 0 aliphatic rings. The van der Waals surface area contributed by atoms with Gasteiger partial charge in [0.2, 0.25) is 5.91 Å². The fourth-order valence-corrected chi connectivity index (χ4v) is 4.17. The number of anilines is 2. The molecule has 3 aromatic carbocycles. The molecule has 2 N–H and O–H groups in total. The summed E-state index contributed by atoms with van der Waals surface area (Å²) in [6.07, 6.45) is 1.67. The number of fused-ring (bicyclic) bond motifs is 1. The Morgan fingerprint density at radius 3 is 2.33 bits per heavy atom. The summed E-state index contributed by atoms with van der Waals surface area (Å²) in [5.41, 5.74) is 4.67. The SMILES string of the molecule is CC(=O)Nc1ccc(NC(=O)c2cc(-c3ccccc3)nc3c2cnn3Cc2ccccc2)cc1Cl. The van der Waals surface area contributed by atoms with Crippen LogP contribution >= 0.6 is 11.6 Å². The van der Waals surface area contributed by atoms with Crippen molar-refractivity contribution in [2.75, 3.05) is 10.6 Å². The highest BCUT2D eigenvalue weighted by atomic mass is 35.5. The van der Waals surface area contributed by atoms with Crippen molar-refractivity contribution in [3.63, 3.8) is 0 Å². The topological polar surface area (TPSA) is 88.9 Å². The Bertz CT molecular complexity index is 1570. The van der Waals surface area contributed by atoms with Gasteiger partial charge in [0.25, 0.3) is 5.91 Å². The van der Waals surface area contributed by atoms with Gasteiger partial charge >= 0.3 is 0 Å². The van der Waals surface area contributed by atoms with Crippen molar-refractivity contribution in [2.45, 2.75) is 13.5 Å². The summed E-state index contributed by atoms with van der Waals surface area (Å²) in [4.78, 5) is 29.7. The molecular weight excluding hydrogens is 474 g/mol. The minimum Gasteiger partial charge on any atom is -0.325 e. The summed E-state index contributed by atoms with van der Waals surface area (Å²) in [6.45, 7) is 1.93. The number of rotatable bonds is 6. The molecule has 8 heteroatoms. The lowest BCUT2D eigenvalue weighted by molar-refractivity contribution is -0.114. The van der Waals surface area contributed by atoms with Gasteiger partial charge < -0.3 is 10.6 Å². The van der Waals surface area contributed by atoms with Crippen molar-refractivity contribution >= 4 is 45.8 Å². The lowest BCUT2D eigenvalue weighted by Gasteiger charge is -2.11. The number of carbonyl (C=O) groups is 2. The highest BCUT2D eigenvalue weighted by Crippen LogP contribution is 2.28. The standard InChI is InChI=1S/C28H22ClN5O2/c1-18(35)31-25-13-12-21(14-24(25)29)32-28(36)22-15-26(20-10-6-3-7-11-20)33-27-23(22)16-30-34(27)17-19-8-4-2-5-9-19/h2-16H,17H2,1H3,(H,31,35)(H,32,36). The summed E-state index contributed by atoms with van der Waals surface area (Å²) >= 11 is 6.29. The predicted molar refractivity (Wildman–Crippen MR) is 142 cm³/mol. The van der Waals surface area contributed by atoms with Crippen LogP contribution in [0.15, 0.2) is 91.1 Å². The van der Waals surface area contributed by atoms with Crippen LogP contribution in [0.2, 0.25) is 5.02 Å². The van der Waals surface area contributed by atoms with E-state index in [1.807, 2.05) is 60.7 Å². The van der Waals surface area contributed by atoms with Gasteiger partial charge in [-0.25, -0.2) is 9.67 Å². The van der Waals surface area contributed by atoms with Crippen LogP contribution in [0, 0.1) is 0 Å². The van der Waals surface area contributed by atoms with E-state index in [0.29, 0.717) is 45.2 Å². The second kappa shape index (κ2) is 10.0. The number of amides is 2. The second-order valence-electron chi connectivity index (χ2n) is 8.28. The van der Waals surface area contributed by atoms with Crippen LogP contribution < -0.4 is 10.6 Å². The molecule has 0 aliphatic carbocycles. The number of aromatic nitrogens is 3. The monoisotopic (exact) mass is 495 g/mol. The van der Waals surface area contributed by atoms with Crippen LogP contribution in [0.4, 0.5) is 11.4 Å². The first kappa shape index (κ1) is 23.3. The molecule has 0 atom stereocenters. The quantitative estimate of drug-likeness (QED) is 0.302. The van der Waals surface area contributed by atoms with Crippen LogP contribution in [0.25, 0.3) is 22.3 Å². The Morgan fingerprint density at radius 1 is 0.917 bits per heavy atom. The van der Waals surface area contributed by atoms with Crippen LogP contribution in [0.3, 0.4) is 0 Å². The highest BCUT2D eigenvalue weighted by Gasteiger charge is 2.18. The maximum Gasteiger partial charge on any atom is 0.256 e. The third-order valence-corrected chi connectivity index (χ3v) is 5.95. The molecule has 0 aliphatic heterocycles. The van der Waals surface area contributed by atoms with Crippen molar-refractivity contribution in [1.82, 2.24) is 14.8 Å². The Kier molecular flexibility index (Phi) is 6.47. The Balaban J connectivity index is 1.54. The van der Waals surface area contributed by atoms with Gasteiger partial charge in [-0.3, -0.25) is 9.59 Å². The lowest BCUT2D eigenvalue weighted by Crippen LogP contribution is -2.14. The largest absolute Gasteiger partial charge is 0.325 e. The molecule has 0 spiro atoms. The molecule has 178 valence electrons. The fourth-order valence-electron chi connectivity index (χ4n) is 3.95.